The van der Waals surface area contributed by atoms with Crippen molar-refractivity contribution in [3.05, 3.63) is 0 Å². The minimum atomic E-state index is -3.00. The first-order chi connectivity index (χ1) is 7.41. The molecule has 0 unspecified atom stereocenters. The van der Waals surface area contributed by atoms with Crippen molar-refractivity contribution in [1.29, 1.82) is 0 Å². The SMILES string of the molecule is CCN(CC)S(=O)(=O)[CH2][Ge]([CH2]C)([CH2]C)[CH2]C. The molecule has 0 rings (SSSR count). The third-order valence-corrected chi connectivity index (χ3v) is 21.7. The van der Waals surface area contributed by atoms with Gasteiger partial charge in [-0.3, -0.25) is 0 Å². The second-order valence-electron chi connectivity index (χ2n) is 4.40. The minimum absolute atomic E-state index is 0.484. The van der Waals surface area contributed by atoms with E-state index in [-0.39, 0.29) is 0 Å². The van der Waals surface area contributed by atoms with Crippen LogP contribution in [0.1, 0.15) is 34.6 Å². The molecule has 3 nitrogen and oxygen atoms in total. The average molecular weight is 310 g/mol. The Morgan fingerprint density at radius 1 is 0.875 bits per heavy atom. The Morgan fingerprint density at radius 3 is 1.50 bits per heavy atom. The zero-order chi connectivity index (χ0) is 12.8. The van der Waals surface area contributed by atoms with E-state index in [2.05, 4.69) is 20.8 Å². The molecule has 98 valence electrons. The summed E-state index contributed by atoms with van der Waals surface area (Å²) in [6.45, 7) is 11.6. The van der Waals surface area contributed by atoms with E-state index in [0.717, 1.165) is 15.8 Å². The average Bonchev–Trinajstić information content (AvgIpc) is 2.27. The van der Waals surface area contributed by atoms with Gasteiger partial charge in [-0.1, -0.05) is 0 Å². The number of sulfonamides is 1. The monoisotopic (exact) mass is 311 g/mol. The second-order valence-corrected chi connectivity index (χ2v) is 18.9. The van der Waals surface area contributed by atoms with Crippen molar-refractivity contribution in [2.75, 3.05) is 17.7 Å². The molecule has 0 amide bonds. The molecule has 0 aromatic carbocycles. The summed E-state index contributed by atoms with van der Waals surface area (Å²) in [5, 5.41) is 3.36. The summed E-state index contributed by atoms with van der Waals surface area (Å²) in [5.74, 6) is 0. The van der Waals surface area contributed by atoms with Gasteiger partial charge in [0.2, 0.25) is 0 Å². The van der Waals surface area contributed by atoms with Crippen LogP contribution in [0.5, 0.6) is 0 Å². The first-order valence-corrected chi connectivity index (χ1v) is 13.9. The molecule has 0 saturated carbocycles. The van der Waals surface area contributed by atoms with E-state index in [0.29, 0.717) is 17.7 Å². The van der Waals surface area contributed by atoms with Crippen LogP contribution >= 0.6 is 0 Å². The Kier molecular flexibility index (Phi) is 7.21. The van der Waals surface area contributed by atoms with Gasteiger partial charge in [0.05, 0.1) is 0 Å². The Balaban J connectivity index is 4.92. The van der Waals surface area contributed by atoms with Crippen molar-refractivity contribution in [2.24, 2.45) is 0 Å². The van der Waals surface area contributed by atoms with Gasteiger partial charge >= 0.3 is 104 Å². The molecule has 0 aromatic rings. The van der Waals surface area contributed by atoms with Gasteiger partial charge in [-0.25, -0.2) is 0 Å². The van der Waals surface area contributed by atoms with Gasteiger partial charge in [-0.15, -0.1) is 0 Å². The van der Waals surface area contributed by atoms with Crippen LogP contribution < -0.4 is 0 Å². The first kappa shape index (κ1) is 16.5. The maximum atomic E-state index is 12.3. The van der Waals surface area contributed by atoms with Crippen molar-refractivity contribution < 1.29 is 8.42 Å². The summed E-state index contributed by atoms with van der Waals surface area (Å²) < 4.78 is 26.6. The maximum absolute atomic E-state index is 12.3. The molecular formula is C11H27GeNO2S. The molecule has 0 aromatic heterocycles. The van der Waals surface area contributed by atoms with Crippen LogP contribution in [-0.2, 0) is 10.0 Å². The molecule has 0 atom stereocenters. The summed E-state index contributed by atoms with van der Waals surface area (Å²) in [6, 6.07) is 0. The topological polar surface area (TPSA) is 37.4 Å². The van der Waals surface area contributed by atoms with E-state index < -0.39 is 23.3 Å². The molecule has 0 bridgehead atoms. The number of rotatable bonds is 8. The van der Waals surface area contributed by atoms with Gasteiger partial charge in [0.15, 0.2) is 0 Å². The molecule has 0 heterocycles. The van der Waals surface area contributed by atoms with Crippen molar-refractivity contribution >= 4 is 23.3 Å². The summed E-state index contributed by atoms with van der Waals surface area (Å²) in [7, 11) is -3.00. The summed E-state index contributed by atoms with van der Waals surface area (Å²) in [6.07, 6.45) is 0. The van der Waals surface area contributed by atoms with Crippen molar-refractivity contribution in [2.45, 2.75) is 50.4 Å². The standard InChI is InChI=1S/C11H27GeNO2S/c1-6-12(7-2,8-3)11-16(14,15)13(9-4)10-5/h6-11H2,1-5H3. The van der Waals surface area contributed by atoms with Gasteiger partial charge in [0.25, 0.3) is 0 Å². The summed E-state index contributed by atoms with van der Waals surface area (Å²) in [4.78, 5) is 0. The Morgan fingerprint density at radius 2 is 1.25 bits per heavy atom. The Bertz CT molecular complexity index is 274. The van der Waals surface area contributed by atoms with E-state index in [1.807, 2.05) is 13.8 Å². The first-order valence-electron chi connectivity index (χ1n) is 6.39. The molecular weight excluding hydrogens is 283 g/mol. The zero-order valence-electron chi connectivity index (χ0n) is 11.4. The van der Waals surface area contributed by atoms with Crippen LogP contribution in [0.3, 0.4) is 0 Å². The fourth-order valence-electron chi connectivity index (χ4n) is 2.15. The summed E-state index contributed by atoms with van der Waals surface area (Å²) in [5.41, 5.74) is 0. The molecule has 5 heteroatoms. The molecule has 0 radical (unpaired) electrons. The molecule has 0 aliphatic rings. The predicted octanol–water partition coefficient (Wildman–Crippen LogP) is 2.71. The van der Waals surface area contributed by atoms with E-state index in [1.54, 1.807) is 4.31 Å². The van der Waals surface area contributed by atoms with Gasteiger partial charge in [-0.05, 0) is 0 Å². The zero-order valence-corrected chi connectivity index (χ0v) is 14.3. The van der Waals surface area contributed by atoms with Crippen LogP contribution in [0.4, 0.5) is 0 Å². The molecule has 0 saturated heterocycles. The second kappa shape index (κ2) is 7.01. The van der Waals surface area contributed by atoms with E-state index in [1.165, 1.54) is 0 Å². The van der Waals surface area contributed by atoms with Crippen LogP contribution in [-0.4, -0.2) is 43.7 Å². The molecule has 0 spiro atoms. The van der Waals surface area contributed by atoms with E-state index >= 15 is 0 Å². The molecule has 0 fully saturated rings. The molecule has 0 aliphatic heterocycles. The van der Waals surface area contributed by atoms with Crippen molar-refractivity contribution in [1.82, 2.24) is 4.31 Å². The summed E-state index contributed by atoms with van der Waals surface area (Å²) >= 11 is -2.12. The van der Waals surface area contributed by atoms with Crippen LogP contribution in [0.2, 0.25) is 15.8 Å². The molecule has 0 N–H and O–H groups in total. The quantitative estimate of drug-likeness (QED) is 0.647. The Hall–Kier alpha value is 0.453. The van der Waals surface area contributed by atoms with Gasteiger partial charge in [0, 0.05) is 0 Å². The number of hydrogen-bond donors (Lipinski definition) is 0. The third kappa shape index (κ3) is 4.04. The third-order valence-electron chi connectivity index (χ3n) is 3.84. The van der Waals surface area contributed by atoms with E-state index in [4.69, 9.17) is 0 Å². The fourth-order valence-corrected chi connectivity index (χ4v) is 17.5. The molecule has 16 heavy (non-hydrogen) atoms. The Labute approximate surface area is 104 Å². The predicted molar refractivity (Wildman–Crippen MR) is 73.9 cm³/mol. The fraction of sp³-hybridized carbons (Fsp3) is 1.00. The van der Waals surface area contributed by atoms with Crippen LogP contribution in [0, 0.1) is 0 Å². The number of hydrogen-bond acceptors (Lipinski definition) is 2. The van der Waals surface area contributed by atoms with Crippen molar-refractivity contribution in [3.63, 3.8) is 0 Å². The van der Waals surface area contributed by atoms with E-state index in [9.17, 15) is 8.42 Å². The number of nitrogens with zero attached hydrogens (tertiary/aromatic N) is 1. The van der Waals surface area contributed by atoms with Crippen LogP contribution in [0.15, 0.2) is 0 Å². The van der Waals surface area contributed by atoms with Crippen molar-refractivity contribution in [3.8, 4) is 0 Å². The van der Waals surface area contributed by atoms with Gasteiger partial charge in [0.1, 0.15) is 0 Å². The molecule has 0 aliphatic carbocycles. The van der Waals surface area contributed by atoms with Gasteiger partial charge in [-0.2, -0.15) is 0 Å². The van der Waals surface area contributed by atoms with Crippen LogP contribution in [0.25, 0.3) is 0 Å². The van der Waals surface area contributed by atoms with Gasteiger partial charge < -0.3 is 0 Å². The normalized spacial score (nSPS) is 13.4.